The maximum Gasteiger partial charge on any atom is 0.125 e. The van der Waals surface area contributed by atoms with Gasteiger partial charge in [-0.15, -0.1) is 5.10 Å². The average Bonchev–Trinajstić information content (AvgIpc) is 2.89. The minimum Gasteiger partial charge on any atom is -0.464 e. The van der Waals surface area contributed by atoms with E-state index in [1.54, 1.807) is 4.68 Å². The van der Waals surface area contributed by atoms with Gasteiger partial charge in [0.1, 0.15) is 18.1 Å². The van der Waals surface area contributed by atoms with E-state index < -0.39 is 0 Å². The van der Waals surface area contributed by atoms with Crippen molar-refractivity contribution in [3.63, 3.8) is 0 Å². The van der Waals surface area contributed by atoms with Crippen molar-refractivity contribution in [1.29, 1.82) is 0 Å². The van der Waals surface area contributed by atoms with E-state index in [2.05, 4.69) is 17.2 Å². The monoisotopic (exact) mass is 234 g/mol. The van der Waals surface area contributed by atoms with Crippen molar-refractivity contribution >= 4 is 0 Å². The van der Waals surface area contributed by atoms with Crippen LogP contribution in [0.3, 0.4) is 0 Å². The number of nitrogens with zero attached hydrogens (tertiary/aromatic N) is 3. The third kappa shape index (κ3) is 2.94. The van der Waals surface area contributed by atoms with Crippen LogP contribution in [0, 0.1) is 6.92 Å². The lowest BCUT2D eigenvalue weighted by atomic mass is 10.1. The van der Waals surface area contributed by atoms with Gasteiger partial charge < -0.3 is 10.2 Å². The number of hydrogen-bond donors (Lipinski definition) is 1. The quantitative estimate of drug-likeness (QED) is 0.859. The third-order valence-corrected chi connectivity index (χ3v) is 2.65. The fourth-order valence-corrected chi connectivity index (χ4v) is 1.75. The van der Waals surface area contributed by atoms with E-state index in [-0.39, 0.29) is 6.04 Å². The molecule has 0 saturated heterocycles. The summed E-state index contributed by atoms with van der Waals surface area (Å²) in [5.74, 6) is 1.78. The normalized spacial score (nSPS) is 12.9. The van der Waals surface area contributed by atoms with Crippen LogP contribution in [0.2, 0.25) is 0 Å². The Morgan fingerprint density at radius 3 is 2.94 bits per heavy atom. The number of hydrogen-bond acceptors (Lipinski definition) is 4. The highest BCUT2D eigenvalue weighted by atomic mass is 16.3. The number of nitrogens with two attached hydrogens (primary N) is 1. The Bertz CT molecular complexity index is 474. The molecule has 17 heavy (non-hydrogen) atoms. The number of rotatable bonds is 5. The van der Waals surface area contributed by atoms with E-state index in [1.807, 2.05) is 25.3 Å². The van der Waals surface area contributed by atoms with Crippen LogP contribution in [0.1, 0.15) is 43.0 Å². The van der Waals surface area contributed by atoms with Crippen molar-refractivity contribution in [2.75, 3.05) is 0 Å². The Morgan fingerprint density at radius 1 is 1.47 bits per heavy atom. The predicted molar refractivity (Wildman–Crippen MR) is 64.4 cm³/mol. The Kier molecular flexibility index (Phi) is 3.58. The van der Waals surface area contributed by atoms with E-state index in [4.69, 9.17) is 10.2 Å². The zero-order valence-electron chi connectivity index (χ0n) is 10.3. The van der Waals surface area contributed by atoms with Crippen LogP contribution in [0.4, 0.5) is 0 Å². The van der Waals surface area contributed by atoms with Gasteiger partial charge in [-0.25, -0.2) is 4.68 Å². The van der Waals surface area contributed by atoms with E-state index >= 15 is 0 Å². The highest BCUT2D eigenvalue weighted by Crippen LogP contribution is 2.13. The first kappa shape index (κ1) is 11.9. The van der Waals surface area contributed by atoms with Crippen LogP contribution < -0.4 is 5.73 Å². The third-order valence-electron chi connectivity index (χ3n) is 2.65. The molecule has 2 N–H and O–H groups in total. The molecular formula is C12H18N4O. The van der Waals surface area contributed by atoms with Crippen molar-refractivity contribution in [3.05, 3.63) is 35.5 Å². The molecule has 2 heterocycles. The summed E-state index contributed by atoms with van der Waals surface area (Å²) in [6, 6.07) is 3.87. The summed E-state index contributed by atoms with van der Waals surface area (Å²) in [7, 11) is 0. The summed E-state index contributed by atoms with van der Waals surface area (Å²) in [5, 5.41) is 8.13. The Hall–Kier alpha value is -1.62. The highest BCUT2D eigenvalue weighted by molar-refractivity contribution is 5.07. The van der Waals surface area contributed by atoms with E-state index in [9.17, 15) is 0 Å². The molecule has 1 atom stereocenters. The van der Waals surface area contributed by atoms with Gasteiger partial charge in [0.05, 0.1) is 17.9 Å². The van der Waals surface area contributed by atoms with Crippen LogP contribution in [-0.2, 0) is 6.54 Å². The molecule has 0 amide bonds. The Balaban J connectivity index is 2.03. The molecular weight excluding hydrogens is 216 g/mol. The fraction of sp³-hybridized carbons (Fsp3) is 0.500. The van der Waals surface area contributed by atoms with E-state index in [0.717, 1.165) is 30.1 Å². The lowest BCUT2D eigenvalue weighted by Gasteiger charge is -2.04. The minimum absolute atomic E-state index is 0.0212. The zero-order valence-corrected chi connectivity index (χ0v) is 10.3. The Morgan fingerprint density at radius 2 is 2.29 bits per heavy atom. The number of furan rings is 1. The standard InChI is InChI=1S/C12H18N4O/c1-3-4-11(13)12-8-16(15-14-12)7-10-6-5-9(2)17-10/h5-6,8,11H,3-4,7,13H2,1-2H3. The second-order valence-corrected chi connectivity index (χ2v) is 4.25. The molecule has 0 spiro atoms. The van der Waals surface area contributed by atoms with Crippen LogP contribution in [0.25, 0.3) is 0 Å². The predicted octanol–water partition coefficient (Wildman–Crippen LogP) is 2.03. The molecule has 0 fully saturated rings. The summed E-state index contributed by atoms with van der Waals surface area (Å²) < 4.78 is 7.24. The molecule has 0 bridgehead atoms. The van der Waals surface area contributed by atoms with Crippen molar-refractivity contribution in [2.45, 2.75) is 39.3 Å². The van der Waals surface area contributed by atoms with Gasteiger partial charge in [0.2, 0.25) is 0 Å². The summed E-state index contributed by atoms with van der Waals surface area (Å²) in [5.41, 5.74) is 6.82. The zero-order chi connectivity index (χ0) is 12.3. The first-order valence-electron chi connectivity index (χ1n) is 5.90. The van der Waals surface area contributed by atoms with Gasteiger partial charge in [0.15, 0.2) is 0 Å². The van der Waals surface area contributed by atoms with Gasteiger partial charge in [0, 0.05) is 0 Å². The van der Waals surface area contributed by atoms with E-state index in [1.165, 1.54) is 0 Å². The first-order chi connectivity index (χ1) is 8.19. The average molecular weight is 234 g/mol. The summed E-state index contributed by atoms with van der Waals surface area (Å²) in [6.07, 6.45) is 3.86. The minimum atomic E-state index is -0.0212. The van der Waals surface area contributed by atoms with Crippen molar-refractivity contribution < 1.29 is 4.42 Å². The SMILES string of the molecule is CCCC(N)c1cn(Cc2ccc(C)o2)nn1. The second kappa shape index (κ2) is 5.14. The molecule has 0 aromatic carbocycles. The molecule has 0 radical (unpaired) electrons. The molecule has 2 aromatic rings. The molecule has 92 valence electrons. The van der Waals surface area contributed by atoms with Gasteiger partial charge in [-0.3, -0.25) is 0 Å². The molecule has 5 nitrogen and oxygen atoms in total. The first-order valence-corrected chi connectivity index (χ1v) is 5.90. The van der Waals surface area contributed by atoms with Gasteiger partial charge in [-0.2, -0.15) is 0 Å². The lowest BCUT2D eigenvalue weighted by molar-refractivity contribution is 0.455. The molecule has 5 heteroatoms. The smallest absolute Gasteiger partial charge is 0.125 e. The second-order valence-electron chi connectivity index (χ2n) is 4.25. The molecule has 0 aliphatic carbocycles. The number of aromatic nitrogens is 3. The lowest BCUT2D eigenvalue weighted by Crippen LogP contribution is -2.10. The van der Waals surface area contributed by atoms with Crippen molar-refractivity contribution in [1.82, 2.24) is 15.0 Å². The molecule has 2 rings (SSSR count). The van der Waals surface area contributed by atoms with Gasteiger partial charge in [-0.1, -0.05) is 18.6 Å². The molecule has 0 aliphatic heterocycles. The van der Waals surface area contributed by atoms with E-state index in [0.29, 0.717) is 6.54 Å². The Labute approximate surface area is 101 Å². The molecule has 2 aromatic heterocycles. The van der Waals surface area contributed by atoms with Crippen LogP contribution in [0.15, 0.2) is 22.7 Å². The van der Waals surface area contributed by atoms with Crippen LogP contribution in [-0.4, -0.2) is 15.0 Å². The van der Waals surface area contributed by atoms with Gasteiger partial charge in [-0.05, 0) is 25.5 Å². The topological polar surface area (TPSA) is 69.9 Å². The van der Waals surface area contributed by atoms with Gasteiger partial charge in [0.25, 0.3) is 0 Å². The van der Waals surface area contributed by atoms with Gasteiger partial charge >= 0.3 is 0 Å². The van der Waals surface area contributed by atoms with Crippen molar-refractivity contribution in [3.8, 4) is 0 Å². The van der Waals surface area contributed by atoms with Crippen molar-refractivity contribution in [2.24, 2.45) is 5.73 Å². The summed E-state index contributed by atoms with van der Waals surface area (Å²) in [6.45, 7) is 4.63. The highest BCUT2D eigenvalue weighted by Gasteiger charge is 2.10. The largest absolute Gasteiger partial charge is 0.464 e. The summed E-state index contributed by atoms with van der Waals surface area (Å²) >= 11 is 0. The molecule has 0 saturated carbocycles. The maximum atomic E-state index is 5.98. The molecule has 1 unspecified atom stereocenters. The van der Waals surface area contributed by atoms with Crippen LogP contribution >= 0.6 is 0 Å². The molecule has 0 aliphatic rings. The fourth-order valence-electron chi connectivity index (χ4n) is 1.75. The maximum absolute atomic E-state index is 5.98. The number of aryl methyl sites for hydroxylation is 1. The summed E-state index contributed by atoms with van der Waals surface area (Å²) in [4.78, 5) is 0. The van der Waals surface area contributed by atoms with Crippen LogP contribution in [0.5, 0.6) is 0 Å².